The maximum absolute atomic E-state index is 13.0. The highest BCUT2D eigenvalue weighted by molar-refractivity contribution is 6.02. The Bertz CT molecular complexity index is 891. The Hall–Kier alpha value is -3.29. The second-order valence-corrected chi connectivity index (χ2v) is 7.38. The number of esters is 1. The van der Waals surface area contributed by atoms with Crippen molar-refractivity contribution in [3.63, 3.8) is 0 Å². The maximum Gasteiger partial charge on any atom is 0.338 e. The maximum atomic E-state index is 13.0. The normalized spacial score (nSPS) is 14.3. The lowest BCUT2D eigenvalue weighted by atomic mass is 10.0. The number of anilines is 2. The van der Waals surface area contributed by atoms with Gasteiger partial charge in [0.2, 0.25) is 5.88 Å². The predicted molar refractivity (Wildman–Crippen MR) is 115 cm³/mol. The lowest BCUT2D eigenvalue weighted by Gasteiger charge is -2.32. The molecule has 8 nitrogen and oxygen atoms in total. The van der Waals surface area contributed by atoms with Crippen molar-refractivity contribution in [1.82, 2.24) is 9.88 Å². The molecule has 1 fully saturated rings. The standard InChI is InChI=1S/C22H28N4O4/c1-4-29-22(28)15-5-7-19(23)18(13-15)21(27)26-11-9-17(10-12-26)30-20-8-6-16(14-24-20)25(2)3/h5-8,13-14,17H,4,9-12,23H2,1-3H3. The van der Waals surface area contributed by atoms with Crippen LogP contribution in [0.3, 0.4) is 0 Å². The number of hydrogen-bond donors (Lipinski definition) is 1. The molecule has 1 amide bonds. The number of hydrogen-bond acceptors (Lipinski definition) is 7. The summed E-state index contributed by atoms with van der Waals surface area (Å²) in [5.74, 6) is -0.0752. The minimum absolute atomic E-state index is 0.00466. The molecule has 1 saturated heterocycles. The van der Waals surface area contributed by atoms with Crippen molar-refractivity contribution in [3.8, 4) is 5.88 Å². The van der Waals surface area contributed by atoms with Crippen LogP contribution in [0.2, 0.25) is 0 Å². The Labute approximate surface area is 176 Å². The molecular weight excluding hydrogens is 384 g/mol. The van der Waals surface area contributed by atoms with Gasteiger partial charge in [-0.25, -0.2) is 9.78 Å². The first-order valence-electron chi connectivity index (χ1n) is 10.0. The number of piperidine rings is 1. The molecule has 160 valence electrons. The van der Waals surface area contributed by atoms with E-state index >= 15 is 0 Å². The molecule has 1 aromatic carbocycles. The molecule has 0 bridgehead atoms. The van der Waals surface area contributed by atoms with Crippen molar-refractivity contribution in [2.75, 3.05) is 44.4 Å². The average Bonchev–Trinajstić information content (AvgIpc) is 2.74. The van der Waals surface area contributed by atoms with Crippen molar-refractivity contribution < 1.29 is 19.1 Å². The number of nitrogens with zero attached hydrogens (tertiary/aromatic N) is 3. The third-order valence-corrected chi connectivity index (χ3v) is 5.05. The van der Waals surface area contributed by atoms with E-state index in [1.54, 1.807) is 30.2 Å². The number of rotatable bonds is 6. The monoisotopic (exact) mass is 412 g/mol. The fourth-order valence-electron chi connectivity index (χ4n) is 3.31. The molecular formula is C22H28N4O4. The van der Waals surface area contributed by atoms with Crippen molar-refractivity contribution in [2.45, 2.75) is 25.9 Å². The van der Waals surface area contributed by atoms with Gasteiger partial charge in [-0.05, 0) is 31.2 Å². The number of benzene rings is 1. The third kappa shape index (κ3) is 5.00. The van der Waals surface area contributed by atoms with Gasteiger partial charge in [-0.15, -0.1) is 0 Å². The summed E-state index contributed by atoms with van der Waals surface area (Å²) in [6.45, 7) is 3.09. The lowest BCUT2D eigenvalue weighted by Crippen LogP contribution is -2.42. The second kappa shape index (κ2) is 9.47. The van der Waals surface area contributed by atoms with Gasteiger partial charge < -0.3 is 25.0 Å². The highest BCUT2D eigenvalue weighted by Gasteiger charge is 2.26. The van der Waals surface area contributed by atoms with E-state index < -0.39 is 5.97 Å². The Morgan fingerprint density at radius 3 is 2.53 bits per heavy atom. The molecule has 8 heteroatoms. The van der Waals surface area contributed by atoms with E-state index in [-0.39, 0.29) is 18.6 Å². The van der Waals surface area contributed by atoms with E-state index in [0.29, 0.717) is 48.6 Å². The lowest BCUT2D eigenvalue weighted by molar-refractivity contribution is 0.0526. The number of amides is 1. The largest absolute Gasteiger partial charge is 0.474 e. The van der Waals surface area contributed by atoms with Crippen LogP contribution in [0.4, 0.5) is 11.4 Å². The Morgan fingerprint density at radius 1 is 1.20 bits per heavy atom. The first-order valence-corrected chi connectivity index (χ1v) is 10.0. The summed E-state index contributed by atoms with van der Waals surface area (Å²) in [4.78, 5) is 33.0. The van der Waals surface area contributed by atoms with E-state index in [0.717, 1.165) is 5.69 Å². The minimum Gasteiger partial charge on any atom is -0.474 e. The zero-order chi connectivity index (χ0) is 21.7. The SMILES string of the molecule is CCOC(=O)c1ccc(N)c(C(=O)N2CCC(Oc3ccc(N(C)C)cn3)CC2)c1. The Morgan fingerprint density at radius 2 is 1.93 bits per heavy atom. The van der Waals surface area contributed by atoms with Crippen molar-refractivity contribution in [2.24, 2.45) is 0 Å². The Kier molecular flexibility index (Phi) is 6.76. The quantitative estimate of drug-likeness (QED) is 0.575. The van der Waals surface area contributed by atoms with Gasteiger partial charge in [0.1, 0.15) is 6.10 Å². The van der Waals surface area contributed by atoms with Crippen LogP contribution in [0.5, 0.6) is 5.88 Å². The fourth-order valence-corrected chi connectivity index (χ4v) is 3.31. The van der Waals surface area contributed by atoms with Gasteiger partial charge in [-0.2, -0.15) is 0 Å². The number of aromatic nitrogens is 1. The summed E-state index contributed by atoms with van der Waals surface area (Å²) in [5, 5.41) is 0. The van der Waals surface area contributed by atoms with E-state index in [9.17, 15) is 9.59 Å². The Balaban J connectivity index is 1.60. The van der Waals surface area contributed by atoms with Crippen LogP contribution in [0, 0.1) is 0 Å². The van der Waals surface area contributed by atoms with E-state index in [2.05, 4.69) is 4.98 Å². The molecule has 0 aliphatic carbocycles. The molecule has 0 radical (unpaired) electrons. The van der Waals surface area contributed by atoms with Gasteiger partial charge in [0, 0.05) is 51.8 Å². The van der Waals surface area contributed by atoms with Gasteiger partial charge in [0.25, 0.3) is 5.91 Å². The van der Waals surface area contributed by atoms with Crippen LogP contribution < -0.4 is 15.4 Å². The molecule has 0 saturated carbocycles. The molecule has 0 atom stereocenters. The van der Waals surface area contributed by atoms with Gasteiger partial charge in [0.15, 0.2) is 0 Å². The first kappa shape index (κ1) is 21.4. The molecule has 2 aromatic rings. The smallest absolute Gasteiger partial charge is 0.338 e. The topological polar surface area (TPSA) is 98.0 Å². The van der Waals surface area contributed by atoms with Crippen molar-refractivity contribution in [3.05, 3.63) is 47.7 Å². The number of carbonyl (C=O) groups excluding carboxylic acids is 2. The van der Waals surface area contributed by atoms with Crippen molar-refractivity contribution >= 4 is 23.3 Å². The fraction of sp³-hybridized carbons (Fsp3) is 0.409. The van der Waals surface area contributed by atoms with E-state index in [4.69, 9.17) is 15.2 Å². The zero-order valence-electron chi connectivity index (χ0n) is 17.6. The molecule has 1 aliphatic heterocycles. The second-order valence-electron chi connectivity index (χ2n) is 7.38. The van der Waals surface area contributed by atoms with Gasteiger partial charge >= 0.3 is 5.97 Å². The molecule has 3 rings (SSSR count). The first-order chi connectivity index (χ1) is 14.4. The highest BCUT2D eigenvalue weighted by atomic mass is 16.5. The van der Waals surface area contributed by atoms with Crippen LogP contribution >= 0.6 is 0 Å². The van der Waals surface area contributed by atoms with Gasteiger partial charge in [-0.3, -0.25) is 4.79 Å². The van der Waals surface area contributed by atoms with Crippen LogP contribution in [-0.4, -0.2) is 61.7 Å². The van der Waals surface area contributed by atoms with Crippen molar-refractivity contribution in [1.29, 1.82) is 0 Å². The number of nitrogens with two attached hydrogens (primary N) is 1. The van der Waals surface area contributed by atoms with Crippen LogP contribution in [0.1, 0.15) is 40.5 Å². The minimum atomic E-state index is -0.466. The van der Waals surface area contributed by atoms with E-state index in [1.807, 2.05) is 31.1 Å². The average molecular weight is 412 g/mol. The van der Waals surface area contributed by atoms with E-state index in [1.165, 1.54) is 6.07 Å². The summed E-state index contributed by atoms with van der Waals surface area (Å²) < 4.78 is 11.0. The zero-order valence-corrected chi connectivity index (χ0v) is 17.6. The van der Waals surface area contributed by atoms with Gasteiger partial charge in [-0.1, -0.05) is 0 Å². The van der Waals surface area contributed by atoms with Gasteiger partial charge in [0.05, 0.1) is 29.6 Å². The molecule has 0 unspecified atom stereocenters. The van der Waals surface area contributed by atoms with Crippen LogP contribution in [0.15, 0.2) is 36.5 Å². The van der Waals surface area contributed by atoms with Crippen LogP contribution in [0.25, 0.3) is 0 Å². The summed E-state index contributed by atoms with van der Waals surface area (Å²) in [6.07, 6.45) is 3.16. The number of pyridine rings is 1. The third-order valence-electron chi connectivity index (χ3n) is 5.05. The summed E-state index contributed by atoms with van der Waals surface area (Å²) >= 11 is 0. The number of nitrogen functional groups attached to an aromatic ring is 1. The van der Waals surface area contributed by atoms with Crippen LogP contribution in [-0.2, 0) is 4.74 Å². The summed E-state index contributed by atoms with van der Waals surface area (Å²) in [6, 6.07) is 8.46. The number of carbonyl (C=O) groups is 2. The molecule has 2 heterocycles. The molecule has 1 aliphatic rings. The number of ether oxygens (including phenoxy) is 2. The molecule has 0 spiro atoms. The highest BCUT2D eigenvalue weighted by Crippen LogP contribution is 2.23. The molecule has 1 aromatic heterocycles. The molecule has 2 N–H and O–H groups in total. The predicted octanol–water partition coefficient (Wildman–Crippen LogP) is 2.59. The number of likely N-dealkylation sites (tertiary alicyclic amines) is 1. The molecule has 30 heavy (non-hydrogen) atoms. The summed E-state index contributed by atoms with van der Waals surface area (Å²) in [7, 11) is 3.92. The summed E-state index contributed by atoms with van der Waals surface area (Å²) in [5.41, 5.74) is 7.99.